The summed E-state index contributed by atoms with van der Waals surface area (Å²) in [5.41, 5.74) is 6.85. The van der Waals surface area contributed by atoms with Crippen molar-refractivity contribution in [3.05, 3.63) is 90.8 Å². The van der Waals surface area contributed by atoms with Crippen LogP contribution in [0.25, 0.3) is 33.9 Å². The first kappa shape index (κ1) is 16.5. The summed E-state index contributed by atoms with van der Waals surface area (Å²) in [5.74, 6) is 0.742. The largest absolute Gasteiger partial charge is 0.255 e. The zero-order valence-corrected chi connectivity index (χ0v) is 15.0. The van der Waals surface area contributed by atoms with E-state index in [1.165, 1.54) is 5.56 Å². The Kier molecular flexibility index (Phi) is 4.75. The topological polar surface area (TPSA) is 38.7 Å². The second-order valence-corrected chi connectivity index (χ2v) is 6.22. The van der Waals surface area contributed by atoms with E-state index in [4.69, 9.17) is 4.98 Å². The molecule has 0 spiro atoms. The normalized spacial score (nSPS) is 10.7. The molecule has 0 aliphatic carbocycles. The van der Waals surface area contributed by atoms with Crippen LogP contribution in [0.1, 0.15) is 5.56 Å². The molecule has 0 atom stereocenters. The van der Waals surface area contributed by atoms with E-state index in [1.54, 1.807) is 6.20 Å². The number of rotatable bonds is 4. The van der Waals surface area contributed by atoms with E-state index in [9.17, 15) is 0 Å². The molecule has 3 nitrogen and oxygen atoms in total. The molecule has 0 saturated carbocycles. The van der Waals surface area contributed by atoms with E-state index in [0.717, 1.165) is 39.7 Å². The Morgan fingerprint density at radius 1 is 0.615 bits per heavy atom. The van der Waals surface area contributed by atoms with Gasteiger partial charge in [0.2, 0.25) is 0 Å². The Labute approximate surface area is 158 Å². The Morgan fingerprint density at radius 3 is 2.08 bits per heavy atom. The average molecular weight is 355 g/mol. The number of nitrogens with zero attached hydrogens (tertiary/aromatic N) is 3. The molecule has 4 heteroatoms. The lowest BCUT2D eigenvalue weighted by atomic mass is 10.0. The minimum Gasteiger partial charge on any atom is -0.255 e. The predicted octanol–water partition coefficient (Wildman–Crippen LogP) is 5.30. The molecule has 4 rings (SSSR count). The first-order chi connectivity index (χ1) is 12.8. The van der Waals surface area contributed by atoms with Crippen molar-refractivity contribution in [1.82, 2.24) is 15.0 Å². The number of benzene rings is 1. The van der Waals surface area contributed by atoms with Crippen molar-refractivity contribution < 1.29 is 0 Å². The van der Waals surface area contributed by atoms with Crippen LogP contribution in [0.15, 0.2) is 85.2 Å². The molecule has 4 aromatic rings. The van der Waals surface area contributed by atoms with E-state index >= 15 is 0 Å². The minimum absolute atomic E-state index is 0.742. The molecule has 26 heavy (non-hydrogen) atoms. The van der Waals surface area contributed by atoms with Gasteiger partial charge in [-0.3, -0.25) is 9.97 Å². The monoisotopic (exact) mass is 355 g/mol. The van der Waals surface area contributed by atoms with Crippen molar-refractivity contribution in [3.63, 3.8) is 0 Å². The van der Waals surface area contributed by atoms with Gasteiger partial charge in [0.15, 0.2) is 0 Å². The highest BCUT2D eigenvalue weighted by Gasteiger charge is 2.07. The summed E-state index contributed by atoms with van der Waals surface area (Å²) >= 11 is 4.31. The second kappa shape index (κ2) is 7.50. The Balaban J connectivity index is 1.70. The Morgan fingerprint density at radius 2 is 1.35 bits per heavy atom. The highest BCUT2D eigenvalue weighted by molar-refractivity contribution is 7.79. The number of aromatic nitrogens is 3. The van der Waals surface area contributed by atoms with Gasteiger partial charge in [-0.2, -0.15) is 12.6 Å². The lowest BCUT2D eigenvalue weighted by Crippen LogP contribution is -1.92. The molecule has 0 aliphatic rings. The Hall–Kier alpha value is -2.98. The molecular formula is C22H17N3S. The van der Waals surface area contributed by atoms with Gasteiger partial charge in [0, 0.05) is 18.1 Å². The van der Waals surface area contributed by atoms with Crippen LogP contribution in [0.2, 0.25) is 0 Å². The lowest BCUT2D eigenvalue weighted by molar-refractivity contribution is 1.22. The van der Waals surface area contributed by atoms with Crippen molar-refractivity contribution in [3.8, 4) is 33.9 Å². The van der Waals surface area contributed by atoms with Crippen molar-refractivity contribution in [2.24, 2.45) is 0 Å². The standard InChI is InChI=1S/C22H17N3S/c26-15-16-7-9-17(10-8-16)18-11-13-24-22(14-18)21-6-3-5-20(25-21)19-4-1-2-12-23-19/h1-14,26H,15H2. The molecule has 0 aliphatic heterocycles. The molecule has 3 aromatic heterocycles. The first-order valence-electron chi connectivity index (χ1n) is 8.38. The third kappa shape index (κ3) is 3.51. The molecular weight excluding hydrogens is 338 g/mol. The third-order valence-electron chi connectivity index (χ3n) is 4.17. The van der Waals surface area contributed by atoms with Gasteiger partial charge >= 0.3 is 0 Å². The van der Waals surface area contributed by atoms with Gasteiger partial charge in [-0.05, 0) is 53.1 Å². The average Bonchev–Trinajstić information content (AvgIpc) is 2.75. The van der Waals surface area contributed by atoms with Crippen molar-refractivity contribution >= 4 is 12.6 Å². The number of pyridine rings is 3. The number of hydrogen-bond acceptors (Lipinski definition) is 4. The van der Waals surface area contributed by atoms with Crippen LogP contribution in [-0.4, -0.2) is 15.0 Å². The van der Waals surface area contributed by atoms with Crippen molar-refractivity contribution in [2.75, 3.05) is 0 Å². The minimum atomic E-state index is 0.742. The molecule has 0 unspecified atom stereocenters. The lowest BCUT2D eigenvalue weighted by Gasteiger charge is -2.07. The molecule has 0 bridgehead atoms. The van der Waals surface area contributed by atoms with Crippen LogP contribution >= 0.6 is 12.6 Å². The van der Waals surface area contributed by atoms with Gasteiger partial charge in [-0.15, -0.1) is 0 Å². The first-order valence-corrected chi connectivity index (χ1v) is 9.02. The van der Waals surface area contributed by atoms with Crippen LogP contribution in [0, 0.1) is 0 Å². The summed E-state index contributed by atoms with van der Waals surface area (Å²) in [5, 5.41) is 0. The van der Waals surface area contributed by atoms with E-state index < -0.39 is 0 Å². The zero-order valence-electron chi connectivity index (χ0n) is 14.1. The Bertz CT molecular complexity index is 1010. The summed E-state index contributed by atoms with van der Waals surface area (Å²) in [6.45, 7) is 0. The van der Waals surface area contributed by atoms with E-state index in [0.29, 0.717) is 0 Å². The fraction of sp³-hybridized carbons (Fsp3) is 0.0455. The van der Waals surface area contributed by atoms with Crippen LogP contribution in [-0.2, 0) is 5.75 Å². The van der Waals surface area contributed by atoms with Crippen LogP contribution < -0.4 is 0 Å². The van der Waals surface area contributed by atoms with Gasteiger partial charge in [-0.1, -0.05) is 36.4 Å². The zero-order chi connectivity index (χ0) is 17.8. The fourth-order valence-electron chi connectivity index (χ4n) is 2.79. The van der Waals surface area contributed by atoms with Gasteiger partial charge < -0.3 is 0 Å². The molecule has 0 radical (unpaired) electrons. The maximum absolute atomic E-state index is 4.74. The SMILES string of the molecule is SCc1ccc(-c2ccnc(-c3cccc(-c4ccccn4)n3)c2)cc1. The maximum Gasteiger partial charge on any atom is 0.0894 e. The highest BCUT2D eigenvalue weighted by Crippen LogP contribution is 2.25. The van der Waals surface area contributed by atoms with Crippen LogP contribution in [0.3, 0.4) is 0 Å². The van der Waals surface area contributed by atoms with E-state index in [-0.39, 0.29) is 0 Å². The van der Waals surface area contributed by atoms with Crippen LogP contribution in [0.4, 0.5) is 0 Å². The summed E-state index contributed by atoms with van der Waals surface area (Å²) in [7, 11) is 0. The molecule has 0 amide bonds. The van der Waals surface area contributed by atoms with E-state index in [2.05, 4.69) is 52.9 Å². The number of hydrogen-bond donors (Lipinski definition) is 1. The van der Waals surface area contributed by atoms with E-state index in [1.807, 2.05) is 48.7 Å². The second-order valence-electron chi connectivity index (χ2n) is 5.91. The smallest absolute Gasteiger partial charge is 0.0894 e. The molecule has 0 fully saturated rings. The fourth-order valence-corrected chi connectivity index (χ4v) is 3.00. The van der Waals surface area contributed by atoms with Gasteiger partial charge in [0.1, 0.15) is 0 Å². The van der Waals surface area contributed by atoms with Gasteiger partial charge in [-0.25, -0.2) is 4.98 Å². The molecule has 1 aromatic carbocycles. The van der Waals surface area contributed by atoms with Crippen molar-refractivity contribution in [1.29, 1.82) is 0 Å². The predicted molar refractivity (Wildman–Crippen MR) is 109 cm³/mol. The summed E-state index contributed by atoms with van der Waals surface area (Å²) < 4.78 is 0. The van der Waals surface area contributed by atoms with Crippen molar-refractivity contribution in [2.45, 2.75) is 5.75 Å². The molecule has 0 N–H and O–H groups in total. The highest BCUT2D eigenvalue weighted by atomic mass is 32.1. The molecule has 126 valence electrons. The van der Waals surface area contributed by atoms with Gasteiger partial charge in [0.05, 0.1) is 22.8 Å². The number of thiol groups is 1. The van der Waals surface area contributed by atoms with Gasteiger partial charge in [0.25, 0.3) is 0 Å². The third-order valence-corrected chi connectivity index (χ3v) is 4.53. The molecule has 3 heterocycles. The summed E-state index contributed by atoms with van der Waals surface area (Å²) in [4.78, 5) is 13.6. The maximum atomic E-state index is 4.74. The molecule has 0 saturated heterocycles. The quantitative estimate of drug-likeness (QED) is 0.505. The van der Waals surface area contributed by atoms with Crippen LogP contribution in [0.5, 0.6) is 0 Å². The summed E-state index contributed by atoms with van der Waals surface area (Å²) in [6.07, 6.45) is 3.60. The summed E-state index contributed by atoms with van der Waals surface area (Å²) in [6, 6.07) is 24.3.